The van der Waals surface area contributed by atoms with E-state index in [1.54, 1.807) is 0 Å². The Morgan fingerprint density at radius 2 is 1.85 bits per heavy atom. The van der Waals surface area contributed by atoms with Gasteiger partial charge in [0.15, 0.2) is 0 Å². The van der Waals surface area contributed by atoms with Gasteiger partial charge in [-0.25, -0.2) is 4.98 Å². The minimum atomic E-state index is -0.122. The molecule has 0 radical (unpaired) electrons. The topological polar surface area (TPSA) is 55.0 Å². The Kier molecular flexibility index (Phi) is 3.21. The third-order valence-electron chi connectivity index (χ3n) is 3.14. The van der Waals surface area contributed by atoms with E-state index in [4.69, 9.17) is 4.74 Å². The van der Waals surface area contributed by atoms with Crippen molar-refractivity contribution >= 4 is 10.9 Å². The van der Waals surface area contributed by atoms with Crippen LogP contribution in [0.3, 0.4) is 0 Å². The van der Waals surface area contributed by atoms with Crippen LogP contribution in [0.25, 0.3) is 22.0 Å². The van der Waals surface area contributed by atoms with E-state index in [-0.39, 0.29) is 5.56 Å². The van der Waals surface area contributed by atoms with Crippen LogP contribution in [0.4, 0.5) is 0 Å². The van der Waals surface area contributed by atoms with Crippen LogP contribution in [0, 0.1) is 0 Å². The van der Waals surface area contributed by atoms with Gasteiger partial charge in [-0.1, -0.05) is 18.2 Å². The molecule has 3 aromatic rings. The maximum Gasteiger partial charge on any atom is 0.258 e. The van der Waals surface area contributed by atoms with Crippen molar-refractivity contribution in [2.75, 3.05) is 6.61 Å². The van der Waals surface area contributed by atoms with E-state index in [9.17, 15) is 4.79 Å². The monoisotopic (exact) mass is 266 g/mol. The molecule has 1 aromatic heterocycles. The zero-order valence-electron chi connectivity index (χ0n) is 11.1. The fourth-order valence-corrected chi connectivity index (χ4v) is 2.16. The van der Waals surface area contributed by atoms with Crippen LogP contribution in [0.1, 0.15) is 6.92 Å². The van der Waals surface area contributed by atoms with Crippen molar-refractivity contribution in [2.45, 2.75) is 6.92 Å². The first-order valence-electron chi connectivity index (χ1n) is 6.48. The van der Waals surface area contributed by atoms with Crippen LogP contribution < -0.4 is 10.3 Å². The van der Waals surface area contributed by atoms with Gasteiger partial charge in [0.05, 0.1) is 23.8 Å². The second-order valence-electron chi connectivity index (χ2n) is 4.42. The summed E-state index contributed by atoms with van der Waals surface area (Å²) in [7, 11) is 0. The number of nitrogens with one attached hydrogen (secondary N) is 1. The van der Waals surface area contributed by atoms with Gasteiger partial charge in [-0.2, -0.15) is 0 Å². The molecule has 4 heteroatoms. The molecule has 0 aliphatic rings. The molecule has 20 heavy (non-hydrogen) atoms. The van der Waals surface area contributed by atoms with E-state index >= 15 is 0 Å². The molecule has 100 valence electrons. The fourth-order valence-electron chi connectivity index (χ4n) is 2.16. The molecular weight excluding hydrogens is 252 g/mol. The number of nitrogens with zero attached hydrogens (tertiary/aromatic N) is 1. The van der Waals surface area contributed by atoms with Gasteiger partial charge in [0.2, 0.25) is 0 Å². The van der Waals surface area contributed by atoms with Crippen LogP contribution in [0.5, 0.6) is 5.75 Å². The largest absolute Gasteiger partial charge is 0.494 e. The number of rotatable bonds is 3. The highest BCUT2D eigenvalue weighted by atomic mass is 16.5. The highest BCUT2D eigenvalue weighted by molar-refractivity contribution is 5.83. The molecule has 0 bridgehead atoms. The van der Waals surface area contributed by atoms with Gasteiger partial charge in [-0.15, -0.1) is 0 Å². The molecule has 0 aliphatic heterocycles. The Morgan fingerprint density at radius 3 is 2.60 bits per heavy atom. The maximum atomic E-state index is 11.8. The molecule has 1 N–H and O–H groups in total. The number of aromatic nitrogens is 2. The predicted molar refractivity (Wildman–Crippen MR) is 79.0 cm³/mol. The number of fused-ring (bicyclic) bond motifs is 1. The Balaban J connectivity index is 2.05. The van der Waals surface area contributed by atoms with E-state index in [1.165, 1.54) is 6.33 Å². The van der Waals surface area contributed by atoms with Crippen LogP contribution in [-0.2, 0) is 0 Å². The number of H-pyrrole nitrogens is 1. The van der Waals surface area contributed by atoms with Crippen molar-refractivity contribution < 1.29 is 4.74 Å². The molecule has 1 heterocycles. The number of hydrogen-bond donors (Lipinski definition) is 1. The lowest BCUT2D eigenvalue weighted by molar-refractivity contribution is 0.340. The van der Waals surface area contributed by atoms with Gasteiger partial charge in [0.1, 0.15) is 5.75 Å². The normalized spacial score (nSPS) is 10.7. The summed E-state index contributed by atoms with van der Waals surface area (Å²) in [5, 5.41) is 0.596. The molecule has 0 spiro atoms. The Labute approximate surface area is 116 Å². The first kappa shape index (κ1) is 12.4. The average molecular weight is 266 g/mol. The SMILES string of the molecule is CCOc1ccc(-c2ccc3nc[nH]c(=O)c3c2)cc1. The average Bonchev–Trinajstić information content (AvgIpc) is 2.49. The lowest BCUT2D eigenvalue weighted by atomic mass is 10.0. The highest BCUT2D eigenvalue weighted by Crippen LogP contribution is 2.24. The summed E-state index contributed by atoms with van der Waals surface area (Å²) >= 11 is 0. The van der Waals surface area contributed by atoms with E-state index in [2.05, 4.69) is 9.97 Å². The maximum absolute atomic E-state index is 11.8. The van der Waals surface area contributed by atoms with Crippen molar-refractivity contribution in [3.05, 3.63) is 59.1 Å². The number of benzene rings is 2. The third-order valence-corrected chi connectivity index (χ3v) is 3.14. The van der Waals surface area contributed by atoms with E-state index < -0.39 is 0 Å². The number of hydrogen-bond acceptors (Lipinski definition) is 3. The fraction of sp³-hybridized carbons (Fsp3) is 0.125. The minimum absolute atomic E-state index is 0.122. The van der Waals surface area contributed by atoms with Crippen molar-refractivity contribution in [3.8, 4) is 16.9 Å². The molecule has 0 unspecified atom stereocenters. The Morgan fingerprint density at radius 1 is 1.10 bits per heavy atom. The molecule has 4 nitrogen and oxygen atoms in total. The Hall–Kier alpha value is -2.62. The first-order valence-corrected chi connectivity index (χ1v) is 6.48. The summed E-state index contributed by atoms with van der Waals surface area (Å²) in [6.07, 6.45) is 1.42. The summed E-state index contributed by atoms with van der Waals surface area (Å²) in [4.78, 5) is 18.5. The van der Waals surface area contributed by atoms with Gasteiger partial charge in [0.25, 0.3) is 5.56 Å². The molecule has 3 rings (SSSR count). The van der Waals surface area contributed by atoms with Gasteiger partial charge < -0.3 is 9.72 Å². The summed E-state index contributed by atoms with van der Waals surface area (Å²) < 4.78 is 5.42. The molecule has 0 aliphatic carbocycles. The number of aromatic amines is 1. The Bertz CT molecular complexity index is 791. The molecule has 0 atom stereocenters. The van der Waals surface area contributed by atoms with Gasteiger partial charge in [-0.05, 0) is 42.3 Å². The summed E-state index contributed by atoms with van der Waals surface area (Å²) in [6, 6.07) is 13.5. The highest BCUT2D eigenvalue weighted by Gasteiger charge is 2.03. The standard InChI is InChI=1S/C16H14N2O2/c1-2-20-13-6-3-11(4-7-13)12-5-8-15-14(9-12)16(19)18-10-17-15/h3-10H,2H2,1H3,(H,17,18,19). The molecule has 0 saturated heterocycles. The van der Waals surface area contributed by atoms with Gasteiger partial charge in [0, 0.05) is 0 Å². The van der Waals surface area contributed by atoms with Crippen LogP contribution >= 0.6 is 0 Å². The van der Waals surface area contributed by atoms with E-state index in [0.29, 0.717) is 17.5 Å². The van der Waals surface area contributed by atoms with Crippen LogP contribution in [0.15, 0.2) is 53.6 Å². The van der Waals surface area contributed by atoms with Crippen molar-refractivity contribution in [2.24, 2.45) is 0 Å². The van der Waals surface area contributed by atoms with Gasteiger partial charge >= 0.3 is 0 Å². The molecule has 0 fully saturated rings. The van der Waals surface area contributed by atoms with E-state index in [0.717, 1.165) is 16.9 Å². The van der Waals surface area contributed by atoms with Gasteiger partial charge in [-0.3, -0.25) is 4.79 Å². The van der Waals surface area contributed by atoms with Crippen LogP contribution in [0.2, 0.25) is 0 Å². The third kappa shape index (κ3) is 2.28. The first-order chi connectivity index (χ1) is 9.78. The van der Waals surface area contributed by atoms with Crippen molar-refractivity contribution in [1.29, 1.82) is 0 Å². The zero-order chi connectivity index (χ0) is 13.9. The smallest absolute Gasteiger partial charge is 0.258 e. The summed E-state index contributed by atoms with van der Waals surface area (Å²) in [5.74, 6) is 0.844. The van der Waals surface area contributed by atoms with E-state index in [1.807, 2.05) is 49.4 Å². The predicted octanol–water partition coefficient (Wildman–Crippen LogP) is 2.99. The summed E-state index contributed by atoms with van der Waals surface area (Å²) in [5.41, 5.74) is 2.60. The second-order valence-corrected chi connectivity index (χ2v) is 4.42. The van der Waals surface area contributed by atoms with Crippen molar-refractivity contribution in [1.82, 2.24) is 9.97 Å². The number of ether oxygens (including phenoxy) is 1. The second kappa shape index (κ2) is 5.17. The molecular formula is C16H14N2O2. The van der Waals surface area contributed by atoms with Crippen molar-refractivity contribution in [3.63, 3.8) is 0 Å². The molecule has 2 aromatic carbocycles. The zero-order valence-corrected chi connectivity index (χ0v) is 11.1. The quantitative estimate of drug-likeness (QED) is 0.793. The lowest BCUT2D eigenvalue weighted by Gasteiger charge is -2.06. The lowest BCUT2D eigenvalue weighted by Crippen LogP contribution is -2.05. The minimum Gasteiger partial charge on any atom is -0.494 e. The summed E-state index contributed by atoms with van der Waals surface area (Å²) in [6.45, 7) is 2.60. The molecule has 0 amide bonds. The van der Waals surface area contributed by atoms with Crippen LogP contribution in [-0.4, -0.2) is 16.6 Å². The molecule has 0 saturated carbocycles.